The molecule has 174 valence electrons. The minimum atomic E-state index is -0.257. The normalized spacial score (nSPS) is 14.3. The van der Waals surface area contributed by atoms with E-state index in [1.807, 2.05) is 61.2 Å². The highest BCUT2D eigenvalue weighted by molar-refractivity contribution is 5.78. The fourth-order valence-corrected chi connectivity index (χ4v) is 4.63. The Kier molecular flexibility index (Phi) is 5.77. The van der Waals surface area contributed by atoms with Gasteiger partial charge in [-0.05, 0) is 68.4 Å². The molecule has 7 nitrogen and oxygen atoms in total. The van der Waals surface area contributed by atoms with E-state index in [-0.39, 0.29) is 24.1 Å². The smallest absolute Gasteiger partial charge is 0.264 e. The number of nitrogens with zero attached hydrogens (tertiary/aromatic N) is 5. The summed E-state index contributed by atoms with van der Waals surface area (Å²) in [6.07, 6.45) is 5.29. The molecule has 0 spiro atoms. The van der Waals surface area contributed by atoms with Gasteiger partial charge in [0.05, 0.1) is 11.9 Å². The third kappa shape index (κ3) is 4.38. The van der Waals surface area contributed by atoms with Gasteiger partial charge >= 0.3 is 0 Å². The first kappa shape index (κ1) is 22.1. The summed E-state index contributed by atoms with van der Waals surface area (Å²) in [5.74, 6) is 0.453. The number of carbonyl (C=O) groups is 1. The van der Waals surface area contributed by atoms with E-state index in [1.54, 1.807) is 4.68 Å². The molecule has 1 aliphatic carbocycles. The van der Waals surface area contributed by atoms with Gasteiger partial charge in [0.2, 0.25) is 5.91 Å². The van der Waals surface area contributed by atoms with Crippen molar-refractivity contribution in [1.29, 1.82) is 0 Å². The third-order valence-corrected chi connectivity index (χ3v) is 6.62. The van der Waals surface area contributed by atoms with E-state index in [4.69, 9.17) is 0 Å². The summed E-state index contributed by atoms with van der Waals surface area (Å²) in [5, 5.41) is 4.83. The van der Waals surface area contributed by atoms with Crippen molar-refractivity contribution in [3.05, 3.63) is 88.1 Å². The molecule has 0 radical (unpaired) electrons. The van der Waals surface area contributed by atoms with E-state index in [2.05, 4.69) is 23.1 Å². The summed E-state index contributed by atoms with van der Waals surface area (Å²) >= 11 is 0. The first-order valence-corrected chi connectivity index (χ1v) is 11.8. The zero-order chi connectivity index (χ0) is 23.8. The summed E-state index contributed by atoms with van der Waals surface area (Å²) in [6, 6.07) is 16.2. The molecule has 2 aromatic heterocycles. The van der Waals surface area contributed by atoms with E-state index in [1.165, 1.54) is 17.1 Å². The van der Waals surface area contributed by atoms with E-state index in [0.29, 0.717) is 23.5 Å². The number of benzene rings is 2. The maximum atomic E-state index is 13.4. The van der Waals surface area contributed by atoms with Crippen molar-refractivity contribution >= 4 is 16.9 Å². The van der Waals surface area contributed by atoms with Crippen LogP contribution in [0.15, 0.2) is 65.8 Å². The Balaban J connectivity index is 1.44. The van der Waals surface area contributed by atoms with Gasteiger partial charge in [0.25, 0.3) is 5.56 Å². The van der Waals surface area contributed by atoms with Gasteiger partial charge in [0.15, 0.2) is 5.65 Å². The second-order valence-corrected chi connectivity index (χ2v) is 9.40. The number of amides is 1. The Morgan fingerprint density at radius 3 is 2.50 bits per heavy atom. The Labute approximate surface area is 198 Å². The second kappa shape index (κ2) is 8.89. The lowest BCUT2D eigenvalue weighted by atomic mass is 10.1. The molecule has 1 aliphatic rings. The summed E-state index contributed by atoms with van der Waals surface area (Å²) in [4.78, 5) is 33.1. The molecular weight excluding hydrogens is 426 g/mol. The molecule has 1 unspecified atom stereocenters. The first-order chi connectivity index (χ1) is 16.4. The second-order valence-electron chi connectivity index (χ2n) is 9.40. The van der Waals surface area contributed by atoms with Crippen LogP contribution in [-0.2, 0) is 17.9 Å². The van der Waals surface area contributed by atoms with Crippen LogP contribution < -0.4 is 5.56 Å². The van der Waals surface area contributed by atoms with Crippen LogP contribution in [0.1, 0.15) is 36.5 Å². The van der Waals surface area contributed by atoms with E-state index >= 15 is 0 Å². The number of carbonyl (C=O) groups excluding carboxylic acids is 1. The molecule has 1 saturated carbocycles. The number of hydrogen-bond acceptors (Lipinski definition) is 4. The lowest BCUT2D eigenvalue weighted by molar-refractivity contribution is -0.135. The fourth-order valence-electron chi connectivity index (χ4n) is 4.63. The lowest BCUT2D eigenvalue weighted by Crippen LogP contribution is -2.42. The summed E-state index contributed by atoms with van der Waals surface area (Å²) in [6.45, 7) is 6.65. The lowest BCUT2D eigenvalue weighted by Gasteiger charge is -2.30. The molecule has 4 aromatic rings. The van der Waals surface area contributed by atoms with Crippen LogP contribution in [0.5, 0.6) is 0 Å². The quantitative estimate of drug-likeness (QED) is 0.422. The van der Waals surface area contributed by atoms with Crippen LogP contribution in [0.2, 0.25) is 0 Å². The van der Waals surface area contributed by atoms with Crippen molar-refractivity contribution < 1.29 is 4.79 Å². The molecule has 5 rings (SSSR count). The third-order valence-electron chi connectivity index (χ3n) is 6.62. The van der Waals surface area contributed by atoms with Gasteiger partial charge in [-0.3, -0.25) is 14.2 Å². The Hall–Kier alpha value is -3.74. The van der Waals surface area contributed by atoms with Gasteiger partial charge < -0.3 is 4.90 Å². The van der Waals surface area contributed by atoms with Crippen molar-refractivity contribution in [2.75, 3.05) is 0 Å². The van der Waals surface area contributed by atoms with Gasteiger partial charge in [-0.25, -0.2) is 9.67 Å². The van der Waals surface area contributed by atoms with E-state index in [9.17, 15) is 9.59 Å². The van der Waals surface area contributed by atoms with Gasteiger partial charge in [-0.1, -0.05) is 36.4 Å². The Bertz CT molecular complexity index is 1380. The minimum Gasteiger partial charge on any atom is -0.334 e. The van der Waals surface area contributed by atoms with Crippen molar-refractivity contribution in [2.24, 2.45) is 5.92 Å². The number of rotatable bonds is 7. The summed E-state index contributed by atoms with van der Waals surface area (Å²) in [7, 11) is 0. The number of aromatic nitrogens is 4. The number of aryl methyl sites for hydroxylation is 2. The van der Waals surface area contributed by atoms with Gasteiger partial charge in [-0.15, -0.1) is 0 Å². The Morgan fingerprint density at radius 1 is 1.12 bits per heavy atom. The average Bonchev–Trinajstić information content (AvgIpc) is 3.57. The molecule has 1 fully saturated rings. The predicted octanol–water partition coefficient (Wildman–Crippen LogP) is 4.03. The Morgan fingerprint density at radius 2 is 1.82 bits per heavy atom. The summed E-state index contributed by atoms with van der Waals surface area (Å²) < 4.78 is 3.08. The maximum absolute atomic E-state index is 13.4. The molecule has 0 N–H and O–H groups in total. The topological polar surface area (TPSA) is 73.0 Å². The highest BCUT2D eigenvalue weighted by Crippen LogP contribution is 2.35. The molecule has 0 saturated heterocycles. The summed E-state index contributed by atoms with van der Waals surface area (Å²) in [5.41, 5.74) is 4.40. The standard InChI is InChI=1S/C27H29N5O2/c1-18-11-19(2)13-23(12-18)32-26-24(14-29-32)27(34)30(17-28-26)16-25(33)31(20(3)22-9-10-22)15-21-7-5-4-6-8-21/h4-8,11-14,17,20,22H,9-10,15-16H2,1-3H3. The highest BCUT2D eigenvalue weighted by Gasteiger charge is 2.34. The van der Waals surface area contributed by atoms with Gasteiger partial charge in [-0.2, -0.15) is 5.10 Å². The van der Waals surface area contributed by atoms with Gasteiger partial charge in [0.1, 0.15) is 18.3 Å². The number of hydrogen-bond donors (Lipinski definition) is 0. The minimum absolute atomic E-state index is 0.0413. The van der Waals surface area contributed by atoms with Crippen LogP contribution in [-0.4, -0.2) is 36.2 Å². The molecule has 1 amide bonds. The molecule has 2 aromatic carbocycles. The van der Waals surface area contributed by atoms with Gasteiger partial charge in [0, 0.05) is 12.6 Å². The zero-order valence-corrected chi connectivity index (χ0v) is 19.8. The van der Waals surface area contributed by atoms with Crippen molar-refractivity contribution in [1.82, 2.24) is 24.2 Å². The highest BCUT2D eigenvalue weighted by atomic mass is 16.2. The zero-order valence-electron chi connectivity index (χ0n) is 19.8. The maximum Gasteiger partial charge on any atom is 0.264 e. The number of fused-ring (bicyclic) bond motifs is 1. The SMILES string of the molecule is Cc1cc(C)cc(-n2ncc3c(=O)n(CC(=O)N(Cc4ccccc4)C(C)C4CC4)cnc32)c1. The molecular formula is C27H29N5O2. The van der Waals surface area contributed by atoms with Crippen LogP contribution in [0.4, 0.5) is 0 Å². The van der Waals surface area contributed by atoms with E-state index < -0.39 is 0 Å². The largest absolute Gasteiger partial charge is 0.334 e. The first-order valence-electron chi connectivity index (χ1n) is 11.8. The molecule has 2 heterocycles. The van der Waals surface area contributed by atoms with Crippen LogP contribution in [0.3, 0.4) is 0 Å². The fraction of sp³-hybridized carbons (Fsp3) is 0.333. The van der Waals surface area contributed by atoms with Crippen LogP contribution in [0, 0.1) is 19.8 Å². The molecule has 34 heavy (non-hydrogen) atoms. The molecule has 7 heteroatoms. The monoisotopic (exact) mass is 455 g/mol. The molecule has 1 atom stereocenters. The molecule has 0 bridgehead atoms. The van der Waals surface area contributed by atoms with Crippen LogP contribution in [0.25, 0.3) is 16.7 Å². The average molecular weight is 456 g/mol. The predicted molar refractivity (Wildman–Crippen MR) is 132 cm³/mol. The van der Waals surface area contributed by atoms with Crippen molar-refractivity contribution in [3.8, 4) is 5.69 Å². The van der Waals surface area contributed by atoms with Crippen molar-refractivity contribution in [3.63, 3.8) is 0 Å². The van der Waals surface area contributed by atoms with E-state index in [0.717, 1.165) is 35.2 Å². The van der Waals surface area contributed by atoms with Crippen molar-refractivity contribution in [2.45, 2.75) is 52.7 Å². The van der Waals surface area contributed by atoms with Crippen LogP contribution >= 0.6 is 0 Å². The molecule has 0 aliphatic heterocycles.